The van der Waals surface area contributed by atoms with E-state index in [-0.39, 0.29) is 0 Å². The van der Waals surface area contributed by atoms with Crippen LogP contribution in [0, 0.1) is 0 Å². The molecule has 0 unspecified atom stereocenters. The predicted octanol–water partition coefficient (Wildman–Crippen LogP) is 6.01. The highest BCUT2D eigenvalue weighted by molar-refractivity contribution is 5.24. The van der Waals surface area contributed by atoms with E-state index in [4.69, 9.17) is 0 Å². The second kappa shape index (κ2) is 8.04. The fourth-order valence-corrected chi connectivity index (χ4v) is 2.24. The summed E-state index contributed by atoms with van der Waals surface area (Å²) in [6.07, 6.45) is 13.1. The third kappa shape index (κ3) is 6.47. The lowest BCUT2D eigenvalue weighted by molar-refractivity contribution is 0.385. The molecule has 1 N–H and O–H groups in total. The smallest absolute Gasteiger partial charge is 0.0955 e. The Balaban J connectivity index is 2.28. The molecular weight excluding hydrogens is 232 g/mol. The van der Waals surface area contributed by atoms with E-state index >= 15 is 0 Å². The minimum absolute atomic E-state index is 0.585. The molecule has 0 aromatic rings. The van der Waals surface area contributed by atoms with Gasteiger partial charge >= 0.3 is 0 Å². The Hall–Kier alpha value is -1.24. The first-order chi connectivity index (χ1) is 8.99. The average Bonchev–Trinajstić information content (AvgIpc) is 2.33. The molecule has 0 fully saturated rings. The SMILES string of the molecule is CC(C)=CCC/C(C)=C/CCC1=CCC(C)=C(O)C1. The maximum absolute atomic E-state index is 9.74. The summed E-state index contributed by atoms with van der Waals surface area (Å²) in [6, 6.07) is 0. The molecule has 0 aromatic carbocycles. The molecule has 1 rings (SSSR count). The Labute approximate surface area is 118 Å². The van der Waals surface area contributed by atoms with Gasteiger partial charge in [0, 0.05) is 6.42 Å². The van der Waals surface area contributed by atoms with Gasteiger partial charge in [-0.1, -0.05) is 34.9 Å². The van der Waals surface area contributed by atoms with Crippen LogP contribution in [0.25, 0.3) is 0 Å². The van der Waals surface area contributed by atoms with E-state index in [2.05, 4.69) is 39.0 Å². The molecular formula is C18H28O. The van der Waals surface area contributed by atoms with Crippen molar-refractivity contribution in [2.75, 3.05) is 0 Å². The normalized spacial score (nSPS) is 16.4. The lowest BCUT2D eigenvalue weighted by Crippen LogP contribution is -1.97. The molecule has 0 atom stereocenters. The van der Waals surface area contributed by atoms with Crippen molar-refractivity contribution in [2.24, 2.45) is 0 Å². The quantitative estimate of drug-likeness (QED) is 0.580. The van der Waals surface area contributed by atoms with E-state index in [9.17, 15) is 5.11 Å². The van der Waals surface area contributed by atoms with E-state index in [1.165, 1.54) is 16.7 Å². The van der Waals surface area contributed by atoms with Crippen LogP contribution < -0.4 is 0 Å². The van der Waals surface area contributed by atoms with Crippen LogP contribution >= 0.6 is 0 Å². The van der Waals surface area contributed by atoms with Crippen molar-refractivity contribution in [1.82, 2.24) is 0 Å². The van der Waals surface area contributed by atoms with Gasteiger partial charge in [0.15, 0.2) is 0 Å². The molecule has 0 amide bonds. The summed E-state index contributed by atoms with van der Waals surface area (Å²) in [5.41, 5.74) is 5.39. The van der Waals surface area contributed by atoms with Crippen LogP contribution in [0.5, 0.6) is 0 Å². The van der Waals surface area contributed by atoms with Gasteiger partial charge in [0.2, 0.25) is 0 Å². The van der Waals surface area contributed by atoms with Crippen molar-refractivity contribution in [1.29, 1.82) is 0 Å². The summed E-state index contributed by atoms with van der Waals surface area (Å²) in [7, 11) is 0. The van der Waals surface area contributed by atoms with Gasteiger partial charge < -0.3 is 5.11 Å². The molecule has 0 saturated carbocycles. The lowest BCUT2D eigenvalue weighted by atomic mass is 9.95. The summed E-state index contributed by atoms with van der Waals surface area (Å²) >= 11 is 0. The molecule has 0 spiro atoms. The minimum Gasteiger partial charge on any atom is -0.512 e. The standard InChI is InChI=1S/C18H28O/c1-14(2)7-5-8-15(3)9-6-10-17-12-11-16(4)18(19)13-17/h7,9,12,19H,5-6,8,10-11,13H2,1-4H3/b15-9+. The highest BCUT2D eigenvalue weighted by atomic mass is 16.3. The van der Waals surface area contributed by atoms with Crippen LogP contribution in [-0.2, 0) is 0 Å². The molecule has 106 valence electrons. The van der Waals surface area contributed by atoms with Gasteiger partial charge in [0.25, 0.3) is 0 Å². The molecule has 0 saturated heterocycles. The molecule has 1 heteroatoms. The fourth-order valence-electron chi connectivity index (χ4n) is 2.24. The minimum atomic E-state index is 0.585. The van der Waals surface area contributed by atoms with Crippen molar-refractivity contribution in [3.05, 3.63) is 46.3 Å². The molecule has 0 bridgehead atoms. The predicted molar refractivity (Wildman–Crippen MR) is 84.3 cm³/mol. The zero-order valence-electron chi connectivity index (χ0n) is 12.9. The highest BCUT2D eigenvalue weighted by Gasteiger charge is 2.09. The number of aliphatic hydroxyl groups excluding tert-OH is 1. The average molecular weight is 260 g/mol. The summed E-state index contributed by atoms with van der Waals surface area (Å²) < 4.78 is 0. The summed E-state index contributed by atoms with van der Waals surface area (Å²) in [5.74, 6) is 0.585. The molecule has 1 aliphatic carbocycles. The second-order valence-electron chi connectivity index (χ2n) is 5.88. The number of rotatable bonds is 6. The Morgan fingerprint density at radius 3 is 2.58 bits per heavy atom. The van der Waals surface area contributed by atoms with Crippen molar-refractivity contribution in [3.63, 3.8) is 0 Å². The maximum atomic E-state index is 9.74. The van der Waals surface area contributed by atoms with Gasteiger partial charge in [-0.05, 0) is 65.4 Å². The summed E-state index contributed by atoms with van der Waals surface area (Å²) in [4.78, 5) is 0. The van der Waals surface area contributed by atoms with Gasteiger partial charge in [-0.3, -0.25) is 0 Å². The molecule has 0 aromatic heterocycles. The summed E-state index contributed by atoms with van der Waals surface area (Å²) in [6.45, 7) is 8.53. The first-order valence-electron chi connectivity index (χ1n) is 7.33. The third-order valence-electron chi connectivity index (χ3n) is 3.63. The largest absolute Gasteiger partial charge is 0.512 e. The molecule has 0 aliphatic heterocycles. The van der Waals surface area contributed by atoms with E-state index in [0.717, 1.165) is 44.1 Å². The second-order valence-corrected chi connectivity index (χ2v) is 5.88. The van der Waals surface area contributed by atoms with Crippen molar-refractivity contribution < 1.29 is 5.11 Å². The van der Waals surface area contributed by atoms with Gasteiger partial charge in [0.1, 0.15) is 0 Å². The Bertz CT molecular complexity index is 415. The van der Waals surface area contributed by atoms with E-state index in [0.29, 0.717) is 5.76 Å². The number of hydrogen-bond donors (Lipinski definition) is 1. The van der Waals surface area contributed by atoms with Gasteiger partial charge in [0.05, 0.1) is 5.76 Å². The number of allylic oxidation sites excluding steroid dienone is 7. The molecule has 0 radical (unpaired) electrons. The van der Waals surface area contributed by atoms with Crippen molar-refractivity contribution in [2.45, 2.75) is 66.2 Å². The highest BCUT2D eigenvalue weighted by Crippen LogP contribution is 2.25. The summed E-state index contributed by atoms with van der Waals surface area (Å²) in [5, 5.41) is 9.74. The van der Waals surface area contributed by atoms with E-state index in [1.54, 1.807) is 0 Å². The Kier molecular flexibility index (Phi) is 6.69. The molecule has 19 heavy (non-hydrogen) atoms. The zero-order chi connectivity index (χ0) is 14.3. The van der Waals surface area contributed by atoms with Crippen LogP contribution in [0.2, 0.25) is 0 Å². The zero-order valence-corrected chi connectivity index (χ0v) is 12.9. The van der Waals surface area contributed by atoms with Crippen LogP contribution in [0.3, 0.4) is 0 Å². The fraction of sp³-hybridized carbons (Fsp3) is 0.556. The molecule has 1 aliphatic rings. The topological polar surface area (TPSA) is 20.2 Å². The van der Waals surface area contributed by atoms with E-state index < -0.39 is 0 Å². The van der Waals surface area contributed by atoms with Crippen molar-refractivity contribution >= 4 is 0 Å². The maximum Gasteiger partial charge on any atom is 0.0955 e. The molecule has 1 nitrogen and oxygen atoms in total. The van der Waals surface area contributed by atoms with Gasteiger partial charge in [-0.25, -0.2) is 0 Å². The first-order valence-corrected chi connectivity index (χ1v) is 7.33. The van der Waals surface area contributed by atoms with Crippen molar-refractivity contribution in [3.8, 4) is 0 Å². The monoisotopic (exact) mass is 260 g/mol. The van der Waals surface area contributed by atoms with Crippen LogP contribution in [0.15, 0.2) is 46.3 Å². The lowest BCUT2D eigenvalue weighted by Gasteiger charge is -2.14. The number of aliphatic hydroxyl groups is 1. The van der Waals surface area contributed by atoms with E-state index in [1.807, 2.05) is 6.92 Å². The van der Waals surface area contributed by atoms with Crippen LogP contribution in [0.1, 0.15) is 66.2 Å². The Morgan fingerprint density at radius 1 is 1.21 bits per heavy atom. The first kappa shape index (κ1) is 15.8. The Morgan fingerprint density at radius 2 is 1.95 bits per heavy atom. The van der Waals surface area contributed by atoms with Gasteiger partial charge in [-0.2, -0.15) is 0 Å². The number of hydrogen-bond acceptors (Lipinski definition) is 1. The van der Waals surface area contributed by atoms with Gasteiger partial charge in [-0.15, -0.1) is 0 Å². The van der Waals surface area contributed by atoms with Crippen LogP contribution in [0.4, 0.5) is 0 Å². The third-order valence-corrected chi connectivity index (χ3v) is 3.63. The van der Waals surface area contributed by atoms with Crippen LogP contribution in [-0.4, -0.2) is 5.11 Å². The molecule has 0 heterocycles.